The Morgan fingerprint density at radius 3 is 2.71 bits per heavy atom. The number of nitrogens with one attached hydrogen (secondary N) is 1. The average Bonchev–Trinajstić information content (AvgIpc) is 3.23. The van der Waals surface area contributed by atoms with Crippen molar-refractivity contribution >= 4 is 16.9 Å². The van der Waals surface area contributed by atoms with Gasteiger partial charge < -0.3 is 15.0 Å². The van der Waals surface area contributed by atoms with Crippen molar-refractivity contribution in [3.05, 3.63) is 36.2 Å². The number of ether oxygens (including phenoxy) is 1. The molecule has 3 aromatic rings. The van der Waals surface area contributed by atoms with Crippen LogP contribution in [0.15, 0.2) is 30.6 Å². The molecule has 0 spiro atoms. The number of anilines is 1. The van der Waals surface area contributed by atoms with E-state index < -0.39 is 0 Å². The van der Waals surface area contributed by atoms with E-state index in [0.29, 0.717) is 12.1 Å². The fourth-order valence-corrected chi connectivity index (χ4v) is 4.62. The predicted molar refractivity (Wildman–Crippen MR) is 125 cm³/mol. The minimum Gasteiger partial charge on any atom is -0.383 e. The van der Waals surface area contributed by atoms with E-state index in [1.54, 1.807) is 7.11 Å². The lowest BCUT2D eigenvalue weighted by molar-refractivity contribution is 0.121. The van der Waals surface area contributed by atoms with E-state index in [4.69, 9.17) is 9.72 Å². The van der Waals surface area contributed by atoms with Gasteiger partial charge in [0, 0.05) is 56.1 Å². The van der Waals surface area contributed by atoms with Crippen LogP contribution in [-0.2, 0) is 18.2 Å². The van der Waals surface area contributed by atoms with Crippen molar-refractivity contribution < 1.29 is 4.74 Å². The van der Waals surface area contributed by atoms with Gasteiger partial charge >= 0.3 is 0 Å². The number of hydrogen-bond acceptors (Lipinski definition) is 6. The number of aryl methyl sites for hydroxylation is 2. The van der Waals surface area contributed by atoms with Crippen molar-refractivity contribution in [2.75, 3.05) is 32.6 Å². The highest BCUT2D eigenvalue weighted by atomic mass is 16.5. The zero-order valence-electron chi connectivity index (χ0n) is 19.1. The zero-order chi connectivity index (χ0) is 21.8. The van der Waals surface area contributed by atoms with E-state index in [1.165, 1.54) is 18.4 Å². The zero-order valence-corrected chi connectivity index (χ0v) is 19.1. The molecule has 0 amide bonds. The van der Waals surface area contributed by atoms with Crippen molar-refractivity contribution in [3.8, 4) is 11.3 Å². The summed E-state index contributed by atoms with van der Waals surface area (Å²) >= 11 is 0. The Kier molecular flexibility index (Phi) is 6.83. The second-order valence-electron chi connectivity index (χ2n) is 8.58. The van der Waals surface area contributed by atoms with E-state index in [1.807, 2.05) is 30.2 Å². The van der Waals surface area contributed by atoms with Crippen LogP contribution in [0.5, 0.6) is 0 Å². The quantitative estimate of drug-likeness (QED) is 0.594. The van der Waals surface area contributed by atoms with Gasteiger partial charge in [0.2, 0.25) is 5.95 Å². The van der Waals surface area contributed by atoms with Crippen molar-refractivity contribution in [2.45, 2.75) is 51.1 Å². The van der Waals surface area contributed by atoms with Crippen LogP contribution in [-0.4, -0.2) is 64.0 Å². The third kappa shape index (κ3) is 4.88. The summed E-state index contributed by atoms with van der Waals surface area (Å²) in [6, 6.07) is 7.51. The molecule has 0 atom stereocenters. The molecule has 7 nitrogen and oxygen atoms in total. The second-order valence-corrected chi connectivity index (χ2v) is 8.58. The van der Waals surface area contributed by atoms with Crippen molar-refractivity contribution in [1.82, 2.24) is 24.6 Å². The molecule has 1 saturated carbocycles. The predicted octanol–water partition coefficient (Wildman–Crippen LogP) is 3.89. The van der Waals surface area contributed by atoms with E-state index in [0.717, 1.165) is 60.5 Å². The summed E-state index contributed by atoms with van der Waals surface area (Å²) in [6.45, 7) is 3.97. The van der Waals surface area contributed by atoms with Crippen molar-refractivity contribution in [2.24, 2.45) is 7.05 Å². The molecule has 0 unspecified atom stereocenters. The molecule has 0 aliphatic heterocycles. The molecule has 0 bridgehead atoms. The lowest BCUT2D eigenvalue weighted by Crippen LogP contribution is -2.39. The molecule has 2 aromatic heterocycles. The first-order valence-corrected chi connectivity index (χ1v) is 11.3. The summed E-state index contributed by atoms with van der Waals surface area (Å²) in [5, 5.41) is 8.98. The lowest BCUT2D eigenvalue weighted by atomic mass is 9.90. The number of benzene rings is 1. The van der Waals surface area contributed by atoms with E-state index >= 15 is 0 Å². The fourth-order valence-electron chi connectivity index (χ4n) is 4.62. The van der Waals surface area contributed by atoms with Gasteiger partial charge in [0.25, 0.3) is 0 Å². The van der Waals surface area contributed by atoms with Gasteiger partial charge in [-0.3, -0.25) is 4.68 Å². The molecule has 1 aliphatic rings. The molecule has 1 fully saturated rings. The maximum atomic E-state index is 5.22. The highest BCUT2D eigenvalue weighted by molar-refractivity contribution is 5.87. The Labute approximate surface area is 184 Å². The van der Waals surface area contributed by atoms with Crippen molar-refractivity contribution in [1.29, 1.82) is 0 Å². The minimum absolute atomic E-state index is 0.434. The SMILES string of the molecule is CCc1cc(-c2ccnn2C)cc2cnc(NC3CCC(N(C)CCOC)CC3)nc12. The maximum absolute atomic E-state index is 5.22. The molecule has 7 heteroatoms. The molecule has 0 saturated heterocycles. The number of hydrogen-bond donors (Lipinski definition) is 1. The Balaban J connectivity index is 1.47. The summed E-state index contributed by atoms with van der Waals surface area (Å²) < 4.78 is 7.12. The average molecular weight is 423 g/mol. The molecular weight excluding hydrogens is 388 g/mol. The first-order chi connectivity index (χ1) is 15.1. The van der Waals surface area contributed by atoms with Gasteiger partial charge in [0.05, 0.1) is 17.8 Å². The topological polar surface area (TPSA) is 68.1 Å². The monoisotopic (exact) mass is 422 g/mol. The maximum Gasteiger partial charge on any atom is 0.223 e. The van der Waals surface area contributed by atoms with E-state index in [-0.39, 0.29) is 0 Å². The van der Waals surface area contributed by atoms with Gasteiger partial charge in [-0.1, -0.05) is 6.92 Å². The Hall–Kier alpha value is -2.51. The molecule has 166 valence electrons. The summed E-state index contributed by atoms with van der Waals surface area (Å²) in [7, 11) is 5.94. The van der Waals surface area contributed by atoms with Crippen LogP contribution in [0, 0.1) is 0 Å². The summed E-state index contributed by atoms with van der Waals surface area (Å²) in [4.78, 5) is 12.0. The van der Waals surface area contributed by atoms with Gasteiger partial charge in [-0.25, -0.2) is 9.97 Å². The van der Waals surface area contributed by atoms with Crippen LogP contribution >= 0.6 is 0 Å². The second kappa shape index (κ2) is 9.75. The van der Waals surface area contributed by atoms with Gasteiger partial charge in [0.15, 0.2) is 0 Å². The summed E-state index contributed by atoms with van der Waals surface area (Å²) in [6.07, 6.45) is 9.39. The van der Waals surface area contributed by atoms with Crippen LogP contribution in [0.4, 0.5) is 5.95 Å². The number of nitrogens with zero attached hydrogens (tertiary/aromatic N) is 5. The van der Waals surface area contributed by atoms with E-state index in [9.17, 15) is 0 Å². The number of rotatable bonds is 8. The smallest absolute Gasteiger partial charge is 0.223 e. The lowest BCUT2D eigenvalue weighted by Gasteiger charge is -2.34. The third-order valence-electron chi connectivity index (χ3n) is 6.56. The highest BCUT2D eigenvalue weighted by Crippen LogP contribution is 2.28. The van der Waals surface area contributed by atoms with E-state index in [2.05, 4.69) is 46.4 Å². The van der Waals surface area contributed by atoms with Gasteiger partial charge in [-0.15, -0.1) is 0 Å². The van der Waals surface area contributed by atoms with Crippen molar-refractivity contribution in [3.63, 3.8) is 0 Å². The normalized spacial score (nSPS) is 19.3. The van der Waals surface area contributed by atoms with Gasteiger partial charge in [-0.05, 0) is 62.9 Å². The molecule has 1 aliphatic carbocycles. The first-order valence-electron chi connectivity index (χ1n) is 11.3. The number of methoxy groups -OCH3 is 1. The molecular formula is C24H34N6O. The summed E-state index contributed by atoms with van der Waals surface area (Å²) in [5.41, 5.74) is 4.54. The molecule has 0 radical (unpaired) electrons. The van der Waals surface area contributed by atoms with Crippen LogP contribution in [0.25, 0.3) is 22.2 Å². The van der Waals surface area contributed by atoms with Gasteiger partial charge in [0.1, 0.15) is 0 Å². The first kappa shape index (κ1) is 21.7. The molecule has 4 rings (SSSR count). The highest BCUT2D eigenvalue weighted by Gasteiger charge is 2.24. The number of likely N-dealkylation sites (N-methyl/N-ethyl adjacent to an activating group) is 1. The molecule has 31 heavy (non-hydrogen) atoms. The number of aromatic nitrogens is 4. The van der Waals surface area contributed by atoms with Crippen LogP contribution in [0.2, 0.25) is 0 Å². The molecule has 1 aromatic carbocycles. The van der Waals surface area contributed by atoms with Crippen LogP contribution < -0.4 is 5.32 Å². The van der Waals surface area contributed by atoms with Crippen LogP contribution in [0.1, 0.15) is 38.2 Å². The standard InChI is InChI=1S/C24H34N6O/c1-5-17-14-18(22-10-11-26-30(22)3)15-19-16-25-24(28-23(17)19)27-20-6-8-21(9-7-20)29(2)12-13-31-4/h10-11,14-16,20-21H,5-9,12-13H2,1-4H3,(H,25,27,28). The Morgan fingerprint density at radius 2 is 2.03 bits per heavy atom. The number of fused-ring (bicyclic) bond motifs is 1. The van der Waals surface area contributed by atoms with Gasteiger partial charge in [-0.2, -0.15) is 5.10 Å². The fraction of sp³-hybridized carbons (Fsp3) is 0.542. The molecule has 1 N–H and O–H groups in total. The van der Waals surface area contributed by atoms with Crippen LogP contribution in [0.3, 0.4) is 0 Å². The Morgan fingerprint density at radius 1 is 1.23 bits per heavy atom. The third-order valence-corrected chi connectivity index (χ3v) is 6.56. The summed E-state index contributed by atoms with van der Waals surface area (Å²) in [5.74, 6) is 0.742. The minimum atomic E-state index is 0.434. The largest absolute Gasteiger partial charge is 0.383 e. The Bertz CT molecular complexity index is 1010. The molecule has 2 heterocycles.